The summed E-state index contributed by atoms with van der Waals surface area (Å²) in [7, 11) is 0. The van der Waals surface area contributed by atoms with E-state index in [2.05, 4.69) is 19.1 Å². The highest BCUT2D eigenvalue weighted by molar-refractivity contribution is 5.78. The quantitative estimate of drug-likeness (QED) is 0.905. The maximum Gasteiger partial charge on any atom is 0.236 e. The van der Waals surface area contributed by atoms with E-state index < -0.39 is 0 Å². The molecule has 0 unspecified atom stereocenters. The molecule has 3 heteroatoms. The molecule has 0 aliphatic carbocycles. The van der Waals surface area contributed by atoms with Crippen LogP contribution in [0.15, 0.2) is 54.6 Å². The average molecular weight is 268 g/mol. The second-order valence-electron chi connectivity index (χ2n) is 4.87. The second kappa shape index (κ2) is 6.87. The molecule has 0 heterocycles. The lowest BCUT2D eigenvalue weighted by Gasteiger charge is -2.23. The average Bonchev–Trinajstić information content (AvgIpc) is 2.49. The van der Waals surface area contributed by atoms with E-state index in [0.717, 1.165) is 11.1 Å². The van der Waals surface area contributed by atoms with Gasteiger partial charge in [0.2, 0.25) is 5.91 Å². The number of benzene rings is 2. The summed E-state index contributed by atoms with van der Waals surface area (Å²) in [5.41, 5.74) is 8.99. The van der Waals surface area contributed by atoms with Crippen molar-refractivity contribution in [3.05, 3.63) is 71.3 Å². The van der Waals surface area contributed by atoms with Crippen molar-refractivity contribution >= 4 is 5.91 Å². The number of carbonyl (C=O) groups is 1. The topological polar surface area (TPSA) is 46.3 Å². The van der Waals surface area contributed by atoms with Gasteiger partial charge in [-0.05, 0) is 23.6 Å². The Morgan fingerprint density at radius 2 is 1.65 bits per heavy atom. The molecule has 0 aliphatic rings. The van der Waals surface area contributed by atoms with Gasteiger partial charge in [0, 0.05) is 13.1 Å². The largest absolute Gasteiger partial charge is 0.333 e. The normalized spacial score (nSPS) is 10.3. The van der Waals surface area contributed by atoms with Crippen LogP contribution in [0.2, 0.25) is 0 Å². The Morgan fingerprint density at radius 1 is 1.00 bits per heavy atom. The van der Waals surface area contributed by atoms with Crippen molar-refractivity contribution < 1.29 is 4.79 Å². The van der Waals surface area contributed by atoms with E-state index in [1.54, 1.807) is 4.90 Å². The van der Waals surface area contributed by atoms with Crippen molar-refractivity contribution in [3.8, 4) is 0 Å². The zero-order chi connectivity index (χ0) is 14.4. The fourth-order valence-electron chi connectivity index (χ4n) is 2.16. The summed E-state index contributed by atoms with van der Waals surface area (Å²) < 4.78 is 0. The van der Waals surface area contributed by atoms with Gasteiger partial charge in [-0.1, -0.05) is 54.6 Å². The fraction of sp³-hybridized carbons (Fsp3) is 0.235. The number of nitrogens with two attached hydrogens (primary N) is 1. The molecule has 1 amide bonds. The van der Waals surface area contributed by atoms with Crippen molar-refractivity contribution in [3.63, 3.8) is 0 Å². The summed E-state index contributed by atoms with van der Waals surface area (Å²) in [6.45, 7) is 3.28. The van der Waals surface area contributed by atoms with E-state index >= 15 is 0 Å². The molecule has 0 aliphatic heterocycles. The predicted molar refractivity (Wildman–Crippen MR) is 80.9 cm³/mol. The number of hydrogen-bond donors (Lipinski definition) is 1. The summed E-state index contributed by atoms with van der Waals surface area (Å²) in [5.74, 6) is -0.0305. The Balaban J connectivity index is 2.16. The second-order valence-corrected chi connectivity index (χ2v) is 4.87. The van der Waals surface area contributed by atoms with Gasteiger partial charge < -0.3 is 10.6 Å². The van der Waals surface area contributed by atoms with Crippen LogP contribution < -0.4 is 5.73 Å². The van der Waals surface area contributed by atoms with Crippen molar-refractivity contribution in [1.29, 1.82) is 0 Å². The summed E-state index contributed by atoms with van der Waals surface area (Å²) in [6.07, 6.45) is 0. The molecule has 0 atom stereocenters. The molecular weight excluding hydrogens is 248 g/mol. The zero-order valence-corrected chi connectivity index (χ0v) is 11.8. The predicted octanol–water partition coefficient (Wildman–Crippen LogP) is 2.48. The first kappa shape index (κ1) is 14.3. The van der Waals surface area contributed by atoms with E-state index in [9.17, 15) is 4.79 Å². The van der Waals surface area contributed by atoms with Crippen LogP contribution in [0.1, 0.15) is 16.7 Å². The third-order valence-electron chi connectivity index (χ3n) is 3.37. The molecule has 2 rings (SSSR count). The smallest absolute Gasteiger partial charge is 0.236 e. The highest BCUT2D eigenvalue weighted by atomic mass is 16.2. The van der Waals surface area contributed by atoms with E-state index in [0.29, 0.717) is 13.1 Å². The van der Waals surface area contributed by atoms with E-state index in [1.165, 1.54) is 5.56 Å². The van der Waals surface area contributed by atoms with Crippen LogP contribution in [0, 0.1) is 6.92 Å². The maximum atomic E-state index is 12.0. The molecule has 0 fully saturated rings. The minimum Gasteiger partial charge on any atom is -0.333 e. The third kappa shape index (κ3) is 3.68. The molecule has 104 valence electrons. The number of nitrogens with zero attached hydrogens (tertiary/aromatic N) is 1. The van der Waals surface area contributed by atoms with Gasteiger partial charge in [0.25, 0.3) is 0 Å². The molecule has 2 N–H and O–H groups in total. The first-order valence-corrected chi connectivity index (χ1v) is 6.77. The molecule has 20 heavy (non-hydrogen) atoms. The Bertz CT molecular complexity index is 566. The number of carbonyl (C=O) groups excluding carboxylic acids is 1. The highest BCUT2D eigenvalue weighted by Gasteiger charge is 2.13. The number of hydrogen-bond acceptors (Lipinski definition) is 2. The fourth-order valence-corrected chi connectivity index (χ4v) is 2.16. The van der Waals surface area contributed by atoms with Gasteiger partial charge >= 0.3 is 0 Å². The Kier molecular flexibility index (Phi) is 4.91. The lowest BCUT2D eigenvalue weighted by Crippen LogP contribution is -2.35. The summed E-state index contributed by atoms with van der Waals surface area (Å²) in [6, 6.07) is 18.1. The van der Waals surface area contributed by atoms with Crippen LogP contribution in [0.5, 0.6) is 0 Å². The first-order chi connectivity index (χ1) is 9.70. The number of aryl methyl sites for hydroxylation is 1. The zero-order valence-electron chi connectivity index (χ0n) is 11.8. The monoisotopic (exact) mass is 268 g/mol. The molecule has 2 aromatic carbocycles. The molecule has 0 radical (unpaired) electrons. The maximum absolute atomic E-state index is 12.0. The molecule has 0 saturated heterocycles. The molecule has 0 aromatic heterocycles. The number of amides is 1. The van der Waals surface area contributed by atoms with Crippen LogP contribution in [-0.2, 0) is 17.9 Å². The van der Waals surface area contributed by atoms with E-state index in [4.69, 9.17) is 5.73 Å². The molecule has 2 aromatic rings. The van der Waals surface area contributed by atoms with Crippen LogP contribution in [0.4, 0.5) is 0 Å². The summed E-state index contributed by atoms with van der Waals surface area (Å²) in [4.78, 5) is 13.8. The van der Waals surface area contributed by atoms with Gasteiger partial charge in [0.15, 0.2) is 0 Å². The number of rotatable bonds is 5. The Morgan fingerprint density at radius 3 is 2.30 bits per heavy atom. The van der Waals surface area contributed by atoms with Crippen LogP contribution >= 0.6 is 0 Å². The SMILES string of the molecule is Cc1ccccc1CN(Cc1ccccc1)C(=O)CN. The van der Waals surface area contributed by atoms with Crippen LogP contribution in [-0.4, -0.2) is 17.4 Å². The lowest BCUT2D eigenvalue weighted by molar-refractivity contribution is -0.130. The first-order valence-electron chi connectivity index (χ1n) is 6.77. The van der Waals surface area contributed by atoms with Gasteiger partial charge in [-0.15, -0.1) is 0 Å². The van der Waals surface area contributed by atoms with Crippen molar-refractivity contribution in [2.24, 2.45) is 5.73 Å². The van der Waals surface area contributed by atoms with E-state index in [1.807, 2.05) is 42.5 Å². The van der Waals surface area contributed by atoms with Crippen LogP contribution in [0.3, 0.4) is 0 Å². The highest BCUT2D eigenvalue weighted by Crippen LogP contribution is 2.13. The van der Waals surface area contributed by atoms with Crippen molar-refractivity contribution in [2.45, 2.75) is 20.0 Å². The molecule has 0 saturated carbocycles. The van der Waals surface area contributed by atoms with Gasteiger partial charge in [0.05, 0.1) is 6.54 Å². The molecule has 0 bridgehead atoms. The van der Waals surface area contributed by atoms with E-state index in [-0.39, 0.29) is 12.5 Å². The summed E-state index contributed by atoms with van der Waals surface area (Å²) in [5, 5.41) is 0. The van der Waals surface area contributed by atoms with Crippen molar-refractivity contribution in [1.82, 2.24) is 4.90 Å². The lowest BCUT2D eigenvalue weighted by atomic mass is 10.1. The van der Waals surface area contributed by atoms with Gasteiger partial charge in [-0.3, -0.25) is 4.79 Å². The van der Waals surface area contributed by atoms with Crippen LogP contribution in [0.25, 0.3) is 0 Å². The van der Waals surface area contributed by atoms with Gasteiger partial charge in [-0.2, -0.15) is 0 Å². The minimum atomic E-state index is -0.0305. The Labute approximate surface area is 120 Å². The molecular formula is C17H20N2O. The van der Waals surface area contributed by atoms with Crippen molar-refractivity contribution in [2.75, 3.05) is 6.54 Å². The standard InChI is InChI=1S/C17H20N2O/c1-14-7-5-6-10-16(14)13-19(17(20)11-18)12-15-8-3-2-4-9-15/h2-10H,11-13,18H2,1H3. The third-order valence-corrected chi connectivity index (χ3v) is 3.37. The summed E-state index contributed by atoms with van der Waals surface area (Å²) >= 11 is 0. The Hall–Kier alpha value is -2.13. The molecule has 0 spiro atoms. The van der Waals surface area contributed by atoms with Gasteiger partial charge in [-0.25, -0.2) is 0 Å². The minimum absolute atomic E-state index is 0.0305. The van der Waals surface area contributed by atoms with Gasteiger partial charge in [0.1, 0.15) is 0 Å². The molecule has 3 nitrogen and oxygen atoms in total.